The molecule has 2 heteroatoms. The molecule has 1 nitrogen and oxygen atoms in total. The number of rotatable bonds is 0. The lowest BCUT2D eigenvalue weighted by atomic mass is 9.66. The minimum absolute atomic E-state index is 0.327. The monoisotopic (exact) mass is 241 g/mol. The Bertz CT molecular complexity index is 225. The summed E-state index contributed by atoms with van der Waals surface area (Å²) in [5.41, 5.74) is 0.430. The fraction of sp³-hybridized carbons (Fsp3) is 0.909. The molecular weight excluding hydrogens is 226 g/mol. The van der Waals surface area contributed by atoms with Crippen LogP contribution in [0.4, 0.5) is 0 Å². The third-order valence-corrected chi connectivity index (χ3v) is 4.77. The van der Waals surface area contributed by atoms with Crippen LogP contribution in [-0.4, -0.2) is 4.83 Å². The third kappa shape index (κ3) is 1.64. The molecule has 2 unspecified atom stereocenters. The molecule has 2 atom stereocenters. The Morgan fingerprint density at radius 3 is 2.54 bits per heavy atom. The molecule has 2 saturated carbocycles. The van der Waals surface area contributed by atoms with Gasteiger partial charge in [0.25, 0.3) is 0 Å². The fourth-order valence-electron chi connectivity index (χ4n) is 3.11. The highest BCUT2D eigenvalue weighted by Gasteiger charge is 2.44. The van der Waals surface area contributed by atoms with Gasteiger partial charge in [0, 0.05) is 4.83 Å². The Labute approximate surface area is 88.6 Å². The molecule has 0 N–H and O–H groups in total. The van der Waals surface area contributed by atoms with E-state index in [0.717, 1.165) is 6.42 Å². The van der Waals surface area contributed by atoms with Crippen LogP contribution >= 0.6 is 15.9 Å². The van der Waals surface area contributed by atoms with Crippen LogP contribution in [-0.2, 0) is 0 Å². The van der Waals surface area contributed by atoms with Gasteiger partial charge in [-0.3, -0.25) is 0 Å². The summed E-state index contributed by atoms with van der Waals surface area (Å²) in [5.74, 6) is 0.327. The molecule has 13 heavy (non-hydrogen) atoms. The Balaban J connectivity index is 2.13. The van der Waals surface area contributed by atoms with Crippen LogP contribution < -0.4 is 0 Å². The van der Waals surface area contributed by atoms with Gasteiger partial charge in [0.2, 0.25) is 0 Å². The van der Waals surface area contributed by atoms with E-state index in [2.05, 4.69) is 22.0 Å². The second kappa shape index (κ2) is 3.61. The first-order valence-electron chi connectivity index (χ1n) is 5.30. The van der Waals surface area contributed by atoms with Gasteiger partial charge in [-0.2, -0.15) is 5.26 Å². The third-order valence-electron chi connectivity index (χ3n) is 3.94. The zero-order chi connectivity index (χ0) is 9.31. The quantitative estimate of drug-likeness (QED) is 0.595. The number of alkyl halides is 1. The van der Waals surface area contributed by atoms with Gasteiger partial charge in [-0.25, -0.2) is 0 Å². The van der Waals surface area contributed by atoms with Crippen LogP contribution in [0, 0.1) is 22.7 Å². The van der Waals surface area contributed by atoms with Crippen molar-refractivity contribution >= 4 is 15.9 Å². The van der Waals surface area contributed by atoms with E-state index in [0.29, 0.717) is 16.2 Å². The molecular formula is C11H16BrN. The van der Waals surface area contributed by atoms with E-state index in [1.165, 1.54) is 38.5 Å². The minimum Gasteiger partial charge on any atom is -0.198 e. The predicted octanol–water partition coefficient (Wildman–Crippen LogP) is 3.63. The maximum Gasteiger partial charge on any atom is 0.0662 e. The summed E-state index contributed by atoms with van der Waals surface area (Å²) in [6.07, 6.45) is 8.96. The summed E-state index contributed by atoms with van der Waals surface area (Å²) in [6, 6.07) is 2.54. The van der Waals surface area contributed by atoms with Gasteiger partial charge in [-0.05, 0) is 37.5 Å². The first-order valence-corrected chi connectivity index (χ1v) is 6.22. The van der Waals surface area contributed by atoms with Gasteiger partial charge >= 0.3 is 0 Å². The van der Waals surface area contributed by atoms with Gasteiger partial charge in [0.1, 0.15) is 0 Å². The SMILES string of the molecule is N#CC1CC(Br)CCC12CCCC2. The van der Waals surface area contributed by atoms with Crippen molar-refractivity contribution in [3.63, 3.8) is 0 Å². The fourth-order valence-corrected chi connectivity index (χ4v) is 3.71. The van der Waals surface area contributed by atoms with Crippen molar-refractivity contribution < 1.29 is 0 Å². The molecule has 0 aromatic rings. The largest absolute Gasteiger partial charge is 0.198 e. The highest BCUT2D eigenvalue weighted by atomic mass is 79.9. The standard InChI is InChI=1S/C11H16BrN/c12-10-3-6-11(4-1-2-5-11)9(7-10)8-13/h9-10H,1-7H2. The lowest BCUT2D eigenvalue weighted by molar-refractivity contribution is 0.146. The van der Waals surface area contributed by atoms with Crippen molar-refractivity contribution in [3.8, 4) is 6.07 Å². The summed E-state index contributed by atoms with van der Waals surface area (Å²) in [5, 5.41) is 9.16. The van der Waals surface area contributed by atoms with Crippen molar-refractivity contribution in [3.05, 3.63) is 0 Å². The number of hydrogen-bond donors (Lipinski definition) is 0. The van der Waals surface area contributed by atoms with Gasteiger partial charge in [-0.15, -0.1) is 0 Å². The Morgan fingerprint density at radius 2 is 1.92 bits per heavy atom. The second-order valence-electron chi connectivity index (χ2n) is 4.62. The maximum absolute atomic E-state index is 9.16. The highest BCUT2D eigenvalue weighted by Crippen LogP contribution is 2.53. The lowest BCUT2D eigenvalue weighted by Crippen LogP contribution is -2.33. The first-order chi connectivity index (χ1) is 6.27. The lowest BCUT2D eigenvalue weighted by Gasteiger charge is -2.39. The summed E-state index contributed by atoms with van der Waals surface area (Å²) in [6.45, 7) is 0. The molecule has 0 heterocycles. The van der Waals surface area contributed by atoms with Crippen LogP contribution in [0.1, 0.15) is 44.9 Å². The van der Waals surface area contributed by atoms with Gasteiger partial charge < -0.3 is 0 Å². The predicted molar refractivity (Wildman–Crippen MR) is 56.6 cm³/mol. The first kappa shape index (κ1) is 9.52. The summed E-state index contributed by atoms with van der Waals surface area (Å²) >= 11 is 3.65. The normalized spacial score (nSPS) is 37.5. The molecule has 0 saturated heterocycles. The molecule has 0 bridgehead atoms. The molecule has 0 aliphatic heterocycles. The summed E-state index contributed by atoms with van der Waals surface area (Å²) < 4.78 is 0. The van der Waals surface area contributed by atoms with Crippen LogP contribution in [0.2, 0.25) is 0 Å². The average molecular weight is 242 g/mol. The number of halogens is 1. The van der Waals surface area contributed by atoms with Crippen molar-refractivity contribution in [2.24, 2.45) is 11.3 Å². The van der Waals surface area contributed by atoms with Gasteiger partial charge in [0.05, 0.1) is 12.0 Å². The number of nitrogens with zero attached hydrogens (tertiary/aromatic N) is 1. The molecule has 2 fully saturated rings. The van der Waals surface area contributed by atoms with Gasteiger partial charge in [-0.1, -0.05) is 28.8 Å². The molecule has 0 radical (unpaired) electrons. The van der Waals surface area contributed by atoms with E-state index in [1.54, 1.807) is 0 Å². The molecule has 0 amide bonds. The van der Waals surface area contributed by atoms with Crippen LogP contribution in [0.15, 0.2) is 0 Å². The van der Waals surface area contributed by atoms with Crippen LogP contribution in [0.25, 0.3) is 0 Å². The smallest absolute Gasteiger partial charge is 0.0662 e. The molecule has 0 aromatic carbocycles. The van der Waals surface area contributed by atoms with Crippen molar-refractivity contribution in [1.29, 1.82) is 5.26 Å². The van der Waals surface area contributed by atoms with E-state index in [9.17, 15) is 0 Å². The van der Waals surface area contributed by atoms with Gasteiger partial charge in [0.15, 0.2) is 0 Å². The Morgan fingerprint density at radius 1 is 1.23 bits per heavy atom. The molecule has 0 aromatic heterocycles. The highest BCUT2D eigenvalue weighted by molar-refractivity contribution is 9.09. The van der Waals surface area contributed by atoms with E-state index < -0.39 is 0 Å². The minimum atomic E-state index is 0.327. The van der Waals surface area contributed by atoms with E-state index in [4.69, 9.17) is 5.26 Å². The number of hydrogen-bond acceptors (Lipinski definition) is 1. The topological polar surface area (TPSA) is 23.8 Å². The zero-order valence-corrected chi connectivity index (χ0v) is 9.52. The molecule has 2 aliphatic carbocycles. The number of nitriles is 1. The Kier molecular flexibility index (Phi) is 2.65. The Hall–Kier alpha value is -0.0300. The second-order valence-corrected chi connectivity index (χ2v) is 5.92. The molecule has 2 aliphatic rings. The molecule has 2 rings (SSSR count). The molecule has 72 valence electrons. The zero-order valence-electron chi connectivity index (χ0n) is 7.93. The van der Waals surface area contributed by atoms with E-state index in [-0.39, 0.29) is 0 Å². The maximum atomic E-state index is 9.16. The van der Waals surface area contributed by atoms with E-state index in [1.807, 2.05) is 0 Å². The van der Waals surface area contributed by atoms with Crippen molar-refractivity contribution in [2.75, 3.05) is 0 Å². The van der Waals surface area contributed by atoms with Crippen LogP contribution in [0.3, 0.4) is 0 Å². The summed E-state index contributed by atoms with van der Waals surface area (Å²) in [7, 11) is 0. The van der Waals surface area contributed by atoms with Crippen molar-refractivity contribution in [2.45, 2.75) is 49.8 Å². The average Bonchev–Trinajstić information content (AvgIpc) is 2.59. The van der Waals surface area contributed by atoms with Crippen molar-refractivity contribution in [1.82, 2.24) is 0 Å². The molecule has 1 spiro atoms. The summed E-state index contributed by atoms with van der Waals surface area (Å²) in [4.78, 5) is 0.600. The van der Waals surface area contributed by atoms with E-state index >= 15 is 0 Å². The van der Waals surface area contributed by atoms with Crippen LogP contribution in [0.5, 0.6) is 0 Å².